The van der Waals surface area contributed by atoms with E-state index in [1.54, 1.807) is 37.3 Å². The van der Waals surface area contributed by atoms with E-state index in [9.17, 15) is 14.9 Å². The number of esters is 2. The maximum atomic E-state index is 12.9. The first-order valence-corrected chi connectivity index (χ1v) is 11.6. The molecule has 2 aromatic rings. The van der Waals surface area contributed by atoms with Crippen molar-refractivity contribution >= 4 is 23.5 Å². The van der Waals surface area contributed by atoms with Gasteiger partial charge >= 0.3 is 11.9 Å². The second-order valence-electron chi connectivity index (χ2n) is 8.90. The first-order valence-electron chi connectivity index (χ1n) is 11.2. The first-order chi connectivity index (χ1) is 16.2. The number of ether oxygens (including phenoxy) is 3. The molecule has 1 saturated carbocycles. The molecule has 0 spiro atoms. The number of halogens is 1. The number of hydrogen-bond donors (Lipinski definition) is 0. The number of allylic oxidation sites excluding steroid dienone is 1. The van der Waals surface area contributed by atoms with Crippen molar-refractivity contribution in [2.75, 3.05) is 0 Å². The molecule has 7 heteroatoms. The van der Waals surface area contributed by atoms with Gasteiger partial charge in [-0.2, -0.15) is 5.26 Å². The van der Waals surface area contributed by atoms with Gasteiger partial charge in [0, 0.05) is 5.56 Å². The number of benzene rings is 2. The fraction of sp³-hybridized carbons (Fsp3) is 0.370. The highest BCUT2D eigenvalue weighted by Gasteiger charge is 2.62. The van der Waals surface area contributed by atoms with Crippen molar-refractivity contribution in [1.29, 1.82) is 5.26 Å². The monoisotopic (exact) mass is 481 g/mol. The average molecular weight is 482 g/mol. The standard InChI is InChI=1S/C27H28ClNO5/c1-5-17(2)32-25(30)22(28)15-21-24(27(21,3)4)26(31)34-23(16-29)18-10-9-13-20(14-18)33-19-11-7-6-8-12-19/h6-15,17,21,23-24H,5H2,1-4H3/b22-15+/t17?,21-,23+,24-/m0/s1. The summed E-state index contributed by atoms with van der Waals surface area (Å²) in [6.45, 7) is 7.46. The SMILES string of the molecule is CCC(C)OC(=O)/C(Cl)=C\[C@H]1[C@@H](C(=O)O[C@H](C#N)c2cccc(Oc3ccccc3)c2)C1(C)C. The van der Waals surface area contributed by atoms with E-state index in [-0.39, 0.29) is 17.1 Å². The van der Waals surface area contributed by atoms with Crippen LogP contribution in [0.25, 0.3) is 0 Å². The van der Waals surface area contributed by atoms with Gasteiger partial charge in [-0.3, -0.25) is 4.79 Å². The van der Waals surface area contributed by atoms with Crippen LogP contribution in [-0.2, 0) is 19.1 Å². The highest BCUT2D eigenvalue weighted by molar-refractivity contribution is 6.41. The van der Waals surface area contributed by atoms with Gasteiger partial charge in [0.2, 0.25) is 6.10 Å². The molecule has 0 aromatic heterocycles. The predicted octanol–water partition coefficient (Wildman–Crippen LogP) is 6.32. The zero-order chi connectivity index (χ0) is 24.9. The molecule has 0 N–H and O–H groups in total. The quantitative estimate of drug-likeness (QED) is 0.307. The lowest BCUT2D eigenvalue weighted by Crippen LogP contribution is -2.15. The Morgan fingerprint density at radius 1 is 1.12 bits per heavy atom. The summed E-state index contributed by atoms with van der Waals surface area (Å²) < 4.78 is 16.6. The highest BCUT2D eigenvalue weighted by Crippen LogP contribution is 2.60. The van der Waals surface area contributed by atoms with Gasteiger partial charge < -0.3 is 14.2 Å². The summed E-state index contributed by atoms with van der Waals surface area (Å²) in [6.07, 6.45) is 0.875. The Labute approximate surface area is 205 Å². The molecule has 3 rings (SSSR count). The number of para-hydroxylation sites is 1. The lowest BCUT2D eigenvalue weighted by Gasteiger charge is -2.13. The molecule has 0 heterocycles. The summed E-state index contributed by atoms with van der Waals surface area (Å²) in [4.78, 5) is 25.1. The van der Waals surface area contributed by atoms with E-state index in [1.165, 1.54) is 0 Å². The number of nitrogens with zero attached hydrogens (tertiary/aromatic N) is 1. The summed E-state index contributed by atoms with van der Waals surface area (Å²) in [7, 11) is 0. The van der Waals surface area contributed by atoms with Gasteiger partial charge in [-0.25, -0.2) is 4.79 Å². The van der Waals surface area contributed by atoms with Crippen LogP contribution in [0.1, 0.15) is 45.8 Å². The molecule has 178 valence electrons. The van der Waals surface area contributed by atoms with Gasteiger partial charge in [0.25, 0.3) is 0 Å². The Balaban J connectivity index is 1.68. The zero-order valence-electron chi connectivity index (χ0n) is 19.7. The average Bonchev–Trinajstić information content (AvgIpc) is 3.37. The topological polar surface area (TPSA) is 85.6 Å². The Kier molecular flexibility index (Phi) is 8.01. The Morgan fingerprint density at radius 3 is 2.44 bits per heavy atom. The van der Waals surface area contributed by atoms with Crippen molar-refractivity contribution in [3.8, 4) is 17.6 Å². The summed E-state index contributed by atoms with van der Waals surface area (Å²) in [5, 5.41) is 9.61. The number of rotatable bonds is 9. The number of carbonyl (C=O) groups is 2. The van der Waals surface area contributed by atoms with Crippen LogP contribution in [0.4, 0.5) is 0 Å². The van der Waals surface area contributed by atoms with E-state index in [2.05, 4.69) is 0 Å². The van der Waals surface area contributed by atoms with Gasteiger partial charge in [-0.15, -0.1) is 0 Å². The minimum absolute atomic E-state index is 0.0590. The van der Waals surface area contributed by atoms with Crippen LogP contribution in [0.3, 0.4) is 0 Å². The lowest BCUT2D eigenvalue weighted by atomic mass is 10.1. The third-order valence-electron chi connectivity index (χ3n) is 6.06. The Hall–Kier alpha value is -3.30. The van der Waals surface area contributed by atoms with Crippen molar-refractivity contribution in [3.05, 3.63) is 71.3 Å². The van der Waals surface area contributed by atoms with Crippen molar-refractivity contribution in [2.24, 2.45) is 17.3 Å². The Morgan fingerprint density at radius 2 is 1.79 bits per heavy atom. The van der Waals surface area contributed by atoms with Crippen LogP contribution >= 0.6 is 11.6 Å². The molecule has 0 amide bonds. The summed E-state index contributed by atoms with van der Waals surface area (Å²) in [5.41, 5.74) is 0.0385. The molecule has 1 unspecified atom stereocenters. The predicted molar refractivity (Wildman–Crippen MR) is 128 cm³/mol. The van der Waals surface area contributed by atoms with Crippen LogP contribution in [0.5, 0.6) is 11.5 Å². The summed E-state index contributed by atoms with van der Waals surface area (Å²) in [5.74, 6) is -0.786. The smallest absolute Gasteiger partial charge is 0.349 e. The van der Waals surface area contributed by atoms with Crippen LogP contribution in [0.2, 0.25) is 0 Å². The van der Waals surface area contributed by atoms with E-state index in [1.807, 2.05) is 57.2 Å². The summed E-state index contributed by atoms with van der Waals surface area (Å²) in [6, 6.07) is 18.2. The maximum absolute atomic E-state index is 12.9. The molecule has 0 saturated heterocycles. The minimum atomic E-state index is -1.10. The van der Waals surface area contributed by atoms with Crippen molar-refractivity contribution in [1.82, 2.24) is 0 Å². The second-order valence-corrected chi connectivity index (χ2v) is 9.30. The number of nitriles is 1. The van der Waals surface area contributed by atoms with Gasteiger partial charge in [-0.1, -0.05) is 68.8 Å². The molecule has 0 radical (unpaired) electrons. The third kappa shape index (κ3) is 5.98. The van der Waals surface area contributed by atoms with E-state index >= 15 is 0 Å². The van der Waals surface area contributed by atoms with E-state index in [0.717, 1.165) is 0 Å². The molecular weight excluding hydrogens is 454 g/mol. The van der Waals surface area contributed by atoms with Crippen molar-refractivity contribution in [2.45, 2.75) is 46.3 Å². The molecule has 0 bridgehead atoms. The van der Waals surface area contributed by atoms with Gasteiger partial charge in [0.15, 0.2) is 0 Å². The molecule has 6 nitrogen and oxygen atoms in total. The van der Waals surface area contributed by atoms with E-state index in [4.69, 9.17) is 25.8 Å². The van der Waals surface area contributed by atoms with Gasteiger partial charge in [0.1, 0.15) is 22.6 Å². The molecule has 1 aliphatic carbocycles. The van der Waals surface area contributed by atoms with Crippen LogP contribution < -0.4 is 4.74 Å². The minimum Gasteiger partial charge on any atom is -0.458 e. The molecule has 4 atom stereocenters. The highest BCUT2D eigenvalue weighted by atomic mass is 35.5. The fourth-order valence-corrected chi connectivity index (χ4v) is 3.89. The van der Waals surface area contributed by atoms with Crippen molar-refractivity contribution in [3.63, 3.8) is 0 Å². The fourth-order valence-electron chi connectivity index (χ4n) is 3.71. The second kappa shape index (κ2) is 10.8. The normalized spacial score (nSPS) is 20.4. The molecule has 1 aliphatic rings. The third-order valence-corrected chi connectivity index (χ3v) is 6.34. The first kappa shape index (κ1) is 25.3. The lowest BCUT2D eigenvalue weighted by molar-refractivity contribution is -0.149. The van der Waals surface area contributed by atoms with Gasteiger partial charge in [0.05, 0.1) is 12.0 Å². The number of carbonyl (C=O) groups excluding carboxylic acids is 2. The zero-order valence-corrected chi connectivity index (χ0v) is 20.4. The Bertz CT molecular complexity index is 1110. The van der Waals surface area contributed by atoms with Gasteiger partial charge in [-0.05, 0) is 48.9 Å². The molecule has 1 fully saturated rings. The molecule has 34 heavy (non-hydrogen) atoms. The van der Waals surface area contributed by atoms with Crippen molar-refractivity contribution < 1.29 is 23.8 Å². The maximum Gasteiger partial charge on any atom is 0.349 e. The molecule has 2 aromatic carbocycles. The largest absolute Gasteiger partial charge is 0.458 e. The number of hydrogen-bond acceptors (Lipinski definition) is 6. The van der Waals surface area contributed by atoms with E-state index < -0.39 is 29.4 Å². The van der Waals surface area contributed by atoms with Crippen LogP contribution in [0, 0.1) is 28.6 Å². The van der Waals surface area contributed by atoms with Crippen LogP contribution in [-0.4, -0.2) is 18.0 Å². The van der Waals surface area contributed by atoms with E-state index in [0.29, 0.717) is 23.5 Å². The molecule has 0 aliphatic heterocycles. The summed E-state index contributed by atoms with van der Waals surface area (Å²) >= 11 is 6.15. The molecular formula is C27H28ClNO5. The van der Waals surface area contributed by atoms with Crippen LogP contribution in [0.15, 0.2) is 65.7 Å².